The molecule has 0 saturated carbocycles. The molecule has 0 aliphatic rings. The summed E-state index contributed by atoms with van der Waals surface area (Å²) in [7, 11) is 0. The molecule has 1 heterocycles. The molecular weight excluding hydrogens is 374 g/mol. The lowest BCUT2D eigenvalue weighted by atomic mass is 10.2. The summed E-state index contributed by atoms with van der Waals surface area (Å²) >= 11 is 6.07. The largest absolute Gasteiger partial charge is 0.463 e. The van der Waals surface area contributed by atoms with Gasteiger partial charge in [0.25, 0.3) is 5.69 Å². The molecule has 2 aromatic carbocycles. The Kier molecular flexibility index (Phi) is 5.27. The summed E-state index contributed by atoms with van der Waals surface area (Å²) in [4.78, 5) is 32.8. The number of non-ortho nitro benzene ring substituents is 1. The quantitative estimate of drug-likeness (QED) is 0.362. The molecule has 0 radical (unpaired) electrons. The van der Waals surface area contributed by atoms with E-state index in [2.05, 4.69) is 4.98 Å². The maximum absolute atomic E-state index is 12.0. The normalized spacial score (nSPS) is 12.0. The number of carbonyl (C=O) groups excluding carboxylic acids is 1. The number of nitro benzene ring substituents is 1. The van der Waals surface area contributed by atoms with Crippen molar-refractivity contribution >= 4 is 34.3 Å². The Morgan fingerprint density at radius 1 is 1.33 bits per heavy atom. The third kappa shape index (κ3) is 3.85. The molecule has 0 amide bonds. The smallest absolute Gasteiger partial charge is 0.349 e. The monoisotopic (exact) mass is 389 g/mol. The number of ether oxygens (including phenoxy) is 1. The van der Waals surface area contributed by atoms with Crippen LogP contribution in [-0.2, 0) is 9.53 Å². The highest BCUT2D eigenvalue weighted by atomic mass is 35.5. The van der Waals surface area contributed by atoms with Gasteiger partial charge in [-0.25, -0.2) is 9.78 Å². The van der Waals surface area contributed by atoms with Gasteiger partial charge in [-0.3, -0.25) is 10.1 Å². The number of esters is 1. The fraction of sp³-hybridized carbons (Fsp3) is 0.222. The Bertz CT molecular complexity index is 1020. The molecule has 0 N–H and O–H groups in total. The first kappa shape index (κ1) is 18.7. The van der Waals surface area contributed by atoms with E-state index in [0.717, 1.165) is 0 Å². The summed E-state index contributed by atoms with van der Waals surface area (Å²) in [5, 5.41) is 11.6. The fourth-order valence-corrected chi connectivity index (χ4v) is 2.72. The number of halogens is 1. The van der Waals surface area contributed by atoms with Gasteiger partial charge in [-0.1, -0.05) is 23.7 Å². The van der Waals surface area contributed by atoms with Crippen LogP contribution in [0.15, 0.2) is 42.5 Å². The molecule has 0 aliphatic carbocycles. The average Bonchev–Trinajstić information content (AvgIpc) is 2.99. The summed E-state index contributed by atoms with van der Waals surface area (Å²) in [5.41, 5.74) is 1.35. The molecule has 1 aromatic heterocycles. The van der Waals surface area contributed by atoms with Gasteiger partial charge < -0.3 is 9.57 Å². The zero-order valence-corrected chi connectivity index (χ0v) is 15.3. The molecule has 27 heavy (non-hydrogen) atoms. The highest BCUT2D eigenvalue weighted by Crippen LogP contribution is 2.28. The van der Waals surface area contributed by atoms with E-state index in [0.29, 0.717) is 27.4 Å². The number of rotatable bonds is 6. The zero-order valence-electron chi connectivity index (χ0n) is 14.6. The first-order chi connectivity index (χ1) is 12.9. The topological polar surface area (TPSA) is 96.5 Å². The van der Waals surface area contributed by atoms with Crippen molar-refractivity contribution in [3.63, 3.8) is 0 Å². The van der Waals surface area contributed by atoms with Crippen molar-refractivity contribution in [3.05, 3.63) is 57.6 Å². The van der Waals surface area contributed by atoms with Gasteiger partial charge in [0.2, 0.25) is 6.10 Å². The molecule has 1 atom stereocenters. The molecule has 9 heteroatoms. The van der Waals surface area contributed by atoms with Crippen LogP contribution in [0.2, 0.25) is 5.02 Å². The second-order valence-corrected chi connectivity index (χ2v) is 6.11. The minimum absolute atomic E-state index is 0.117. The van der Waals surface area contributed by atoms with Crippen molar-refractivity contribution in [1.82, 2.24) is 9.71 Å². The van der Waals surface area contributed by atoms with Crippen molar-refractivity contribution in [2.75, 3.05) is 6.61 Å². The van der Waals surface area contributed by atoms with Crippen LogP contribution in [0.5, 0.6) is 0 Å². The SMILES string of the molecule is CCOC(=O)[C@@H](C)On1c(-c2cccc(Cl)c2)nc2ccc([N+](=O)[O-])cc21. The Morgan fingerprint density at radius 2 is 2.11 bits per heavy atom. The number of hydrogen-bond donors (Lipinski definition) is 0. The Hall–Kier alpha value is -3.13. The van der Waals surface area contributed by atoms with Crippen molar-refractivity contribution in [2.24, 2.45) is 0 Å². The molecule has 0 spiro atoms. The summed E-state index contributed by atoms with van der Waals surface area (Å²) < 4.78 is 6.27. The third-order valence-electron chi connectivity index (χ3n) is 3.77. The second-order valence-electron chi connectivity index (χ2n) is 5.67. The number of imidazole rings is 1. The molecule has 0 unspecified atom stereocenters. The van der Waals surface area contributed by atoms with Crippen LogP contribution in [0.3, 0.4) is 0 Å². The molecule has 0 saturated heterocycles. The summed E-state index contributed by atoms with van der Waals surface area (Å²) in [6.45, 7) is 3.44. The van der Waals surface area contributed by atoms with Crippen LogP contribution < -0.4 is 4.84 Å². The first-order valence-corrected chi connectivity index (χ1v) is 8.55. The fourth-order valence-electron chi connectivity index (χ4n) is 2.53. The molecule has 3 aromatic rings. The van der Waals surface area contributed by atoms with Crippen molar-refractivity contribution in [3.8, 4) is 11.4 Å². The summed E-state index contributed by atoms with van der Waals surface area (Å²) in [6.07, 6.45) is -0.945. The van der Waals surface area contributed by atoms with E-state index >= 15 is 0 Å². The third-order valence-corrected chi connectivity index (χ3v) is 4.01. The van der Waals surface area contributed by atoms with Gasteiger partial charge in [0.05, 0.1) is 17.0 Å². The Morgan fingerprint density at radius 3 is 2.78 bits per heavy atom. The minimum Gasteiger partial charge on any atom is -0.463 e. The average molecular weight is 390 g/mol. The lowest BCUT2D eigenvalue weighted by Crippen LogP contribution is -2.32. The number of nitrogens with zero attached hydrogens (tertiary/aromatic N) is 3. The Labute approximate surface area is 159 Å². The van der Waals surface area contributed by atoms with E-state index < -0.39 is 17.0 Å². The van der Waals surface area contributed by atoms with Gasteiger partial charge in [-0.15, -0.1) is 0 Å². The highest BCUT2D eigenvalue weighted by molar-refractivity contribution is 6.30. The molecule has 0 aliphatic heterocycles. The van der Waals surface area contributed by atoms with E-state index in [1.54, 1.807) is 31.2 Å². The predicted octanol–water partition coefficient (Wildman–Crippen LogP) is 3.65. The van der Waals surface area contributed by atoms with E-state index in [1.165, 1.54) is 29.9 Å². The molecule has 8 nitrogen and oxygen atoms in total. The van der Waals surface area contributed by atoms with Crippen molar-refractivity contribution in [2.45, 2.75) is 20.0 Å². The van der Waals surface area contributed by atoms with Gasteiger partial charge >= 0.3 is 5.97 Å². The van der Waals surface area contributed by atoms with Crippen LogP contribution in [0.4, 0.5) is 5.69 Å². The van der Waals surface area contributed by atoms with E-state index in [9.17, 15) is 14.9 Å². The van der Waals surface area contributed by atoms with Crippen LogP contribution in [0.25, 0.3) is 22.4 Å². The van der Waals surface area contributed by atoms with Gasteiger partial charge in [0.15, 0.2) is 5.82 Å². The molecule has 140 valence electrons. The van der Waals surface area contributed by atoms with Crippen LogP contribution in [-0.4, -0.2) is 33.3 Å². The van der Waals surface area contributed by atoms with Gasteiger partial charge in [-0.2, -0.15) is 4.73 Å². The Balaban J connectivity index is 2.15. The standard InChI is InChI=1S/C18H16ClN3O5/c1-3-26-18(23)11(2)27-21-16-10-14(22(24)25)7-8-15(16)20-17(21)12-5-4-6-13(19)9-12/h4-11H,3H2,1-2H3/t11-/m1/s1. The molecule has 3 rings (SSSR count). The first-order valence-electron chi connectivity index (χ1n) is 8.17. The van der Waals surface area contributed by atoms with E-state index in [-0.39, 0.29) is 12.3 Å². The highest BCUT2D eigenvalue weighted by Gasteiger charge is 2.22. The van der Waals surface area contributed by atoms with Crippen molar-refractivity contribution < 1.29 is 19.3 Å². The minimum atomic E-state index is -0.945. The molecule has 0 bridgehead atoms. The zero-order chi connectivity index (χ0) is 19.6. The maximum Gasteiger partial charge on any atom is 0.349 e. The lowest BCUT2D eigenvalue weighted by molar-refractivity contribution is -0.384. The number of fused-ring (bicyclic) bond motifs is 1. The van der Waals surface area contributed by atoms with Crippen molar-refractivity contribution in [1.29, 1.82) is 0 Å². The molecular formula is C18H16ClN3O5. The van der Waals surface area contributed by atoms with E-state index in [1.807, 2.05) is 0 Å². The van der Waals surface area contributed by atoms with Gasteiger partial charge in [0, 0.05) is 22.7 Å². The van der Waals surface area contributed by atoms with Gasteiger partial charge in [0.1, 0.15) is 5.52 Å². The van der Waals surface area contributed by atoms with Gasteiger partial charge in [-0.05, 0) is 32.0 Å². The number of hydrogen-bond acceptors (Lipinski definition) is 6. The predicted molar refractivity (Wildman–Crippen MR) is 99.5 cm³/mol. The maximum atomic E-state index is 12.0. The number of nitro groups is 1. The van der Waals surface area contributed by atoms with Crippen LogP contribution >= 0.6 is 11.6 Å². The van der Waals surface area contributed by atoms with Crippen LogP contribution in [0, 0.1) is 10.1 Å². The molecule has 0 fully saturated rings. The number of benzene rings is 2. The lowest BCUT2D eigenvalue weighted by Gasteiger charge is -2.16. The summed E-state index contributed by atoms with van der Waals surface area (Å²) in [6, 6.07) is 11.1. The second kappa shape index (κ2) is 7.63. The summed E-state index contributed by atoms with van der Waals surface area (Å²) in [5.74, 6) is -0.189. The number of aromatic nitrogens is 2. The van der Waals surface area contributed by atoms with Crippen LogP contribution in [0.1, 0.15) is 13.8 Å². The van der Waals surface area contributed by atoms with E-state index in [4.69, 9.17) is 21.2 Å². The number of carbonyl (C=O) groups is 1.